The first kappa shape index (κ1) is 17.2. The zero-order valence-electron chi connectivity index (χ0n) is 14.7. The van der Waals surface area contributed by atoms with Crippen molar-refractivity contribution in [2.45, 2.75) is 38.6 Å². The second-order valence-electron chi connectivity index (χ2n) is 6.18. The topological polar surface area (TPSA) is 67.4 Å². The van der Waals surface area contributed by atoms with E-state index in [4.69, 9.17) is 4.74 Å². The third-order valence-electron chi connectivity index (χ3n) is 4.58. The summed E-state index contributed by atoms with van der Waals surface area (Å²) in [6.07, 6.45) is 5.93. The van der Waals surface area contributed by atoms with Gasteiger partial charge < -0.3 is 15.0 Å². The first-order valence-corrected chi connectivity index (χ1v) is 8.76. The van der Waals surface area contributed by atoms with Crippen molar-refractivity contribution in [1.82, 2.24) is 14.9 Å². The molecule has 1 unspecified atom stereocenters. The van der Waals surface area contributed by atoms with Crippen LogP contribution in [-0.2, 0) is 0 Å². The van der Waals surface area contributed by atoms with Gasteiger partial charge in [-0.05, 0) is 56.0 Å². The van der Waals surface area contributed by atoms with Crippen molar-refractivity contribution in [3.63, 3.8) is 0 Å². The molecule has 132 valence electrons. The summed E-state index contributed by atoms with van der Waals surface area (Å²) in [6, 6.07) is 9.48. The number of benzene rings is 1. The summed E-state index contributed by atoms with van der Waals surface area (Å²) in [7, 11) is 1.63. The van der Waals surface area contributed by atoms with Crippen molar-refractivity contribution in [3.05, 3.63) is 42.2 Å². The minimum absolute atomic E-state index is 0.00766. The lowest BCUT2D eigenvalue weighted by molar-refractivity contribution is 0.0602. The highest BCUT2D eigenvalue weighted by atomic mass is 16.5. The van der Waals surface area contributed by atoms with Crippen LogP contribution in [0.1, 0.15) is 43.1 Å². The number of methoxy groups -OCH3 is 1. The van der Waals surface area contributed by atoms with Crippen LogP contribution < -0.4 is 10.1 Å². The van der Waals surface area contributed by atoms with E-state index in [9.17, 15) is 4.79 Å². The summed E-state index contributed by atoms with van der Waals surface area (Å²) in [5, 5.41) is 3.13. The number of carbonyl (C=O) groups is 1. The fourth-order valence-corrected chi connectivity index (χ4v) is 3.18. The van der Waals surface area contributed by atoms with Crippen LogP contribution in [-0.4, -0.2) is 40.5 Å². The van der Waals surface area contributed by atoms with E-state index in [0.717, 1.165) is 37.2 Å². The number of carbonyl (C=O) groups excluding carboxylic acids is 1. The third kappa shape index (κ3) is 4.07. The van der Waals surface area contributed by atoms with Gasteiger partial charge in [-0.3, -0.25) is 4.79 Å². The maximum absolute atomic E-state index is 12.8. The maximum atomic E-state index is 12.8. The van der Waals surface area contributed by atoms with Crippen LogP contribution in [0, 0.1) is 0 Å². The fourth-order valence-electron chi connectivity index (χ4n) is 3.18. The van der Waals surface area contributed by atoms with Crippen molar-refractivity contribution < 1.29 is 9.53 Å². The van der Waals surface area contributed by atoms with Gasteiger partial charge in [0.25, 0.3) is 5.91 Å². The molecule has 1 N–H and O–H groups in total. The normalized spacial score (nSPS) is 17.2. The fraction of sp³-hybridized carbons (Fsp3) is 0.421. The number of piperidine rings is 1. The Balaban J connectivity index is 1.74. The van der Waals surface area contributed by atoms with Gasteiger partial charge in [0, 0.05) is 24.5 Å². The summed E-state index contributed by atoms with van der Waals surface area (Å²) in [4.78, 5) is 23.4. The van der Waals surface area contributed by atoms with Gasteiger partial charge in [0.05, 0.1) is 7.11 Å². The molecule has 1 aromatic heterocycles. The summed E-state index contributed by atoms with van der Waals surface area (Å²) in [5.74, 6) is 1.19. The molecule has 1 aromatic carbocycles. The Kier molecular flexibility index (Phi) is 5.48. The van der Waals surface area contributed by atoms with Gasteiger partial charge in [-0.2, -0.15) is 0 Å². The van der Waals surface area contributed by atoms with Gasteiger partial charge in [-0.25, -0.2) is 9.97 Å². The van der Waals surface area contributed by atoms with Crippen LogP contribution in [0.5, 0.6) is 5.75 Å². The minimum Gasteiger partial charge on any atom is -0.497 e. The molecule has 1 aliphatic rings. The van der Waals surface area contributed by atoms with E-state index in [1.807, 2.05) is 29.2 Å². The number of rotatable bonds is 5. The van der Waals surface area contributed by atoms with Crippen molar-refractivity contribution in [2.24, 2.45) is 0 Å². The second-order valence-corrected chi connectivity index (χ2v) is 6.18. The second kappa shape index (κ2) is 7.96. The number of nitrogens with zero attached hydrogens (tertiary/aromatic N) is 3. The van der Waals surface area contributed by atoms with Crippen LogP contribution in [0.2, 0.25) is 0 Å². The van der Waals surface area contributed by atoms with Gasteiger partial charge in [-0.15, -0.1) is 0 Å². The molecule has 25 heavy (non-hydrogen) atoms. The molecule has 0 saturated carbocycles. The van der Waals surface area contributed by atoms with Crippen LogP contribution in [0.3, 0.4) is 0 Å². The SMILES string of the molecule is CCC1CCCCN1C(=O)c1ccnc(Nc2ccc(OC)cc2)n1. The van der Waals surface area contributed by atoms with E-state index < -0.39 is 0 Å². The third-order valence-corrected chi connectivity index (χ3v) is 4.58. The van der Waals surface area contributed by atoms with Gasteiger partial charge in [-0.1, -0.05) is 6.92 Å². The predicted octanol–water partition coefficient (Wildman–Crippen LogP) is 3.63. The molecule has 6 heteroatoms. The number of anilines is 2. The molecular weight excluding hydrogens is 316 g/mol. The smallest absolute Gasteiger partial charge is 0.272 e. The Hall–Kier alpha value is -2.63. The molecule has 3 rings (SSSR count). The highest BCUT2D eigenvalue weighted by Crippen LogP contribution is 2.22. The quantitative estimate of drug-likeness (QED) is 0.900. The van der Waals surface area contributed by atoms with Gasteiger partial charge >= 0.3 is 0 Å². The van der Waals surface area contributed by atoms with Gasteiger partial charge in [0.2, 0.25) is 5.95 Å². The Morgan fingerprint density at radius 1 is 1.28 bits per heavy atom. The molecule has 0 aliphatic carbocycles. The molecular formula is C19H24N4O2. The lowest BCUT2D eigenvalue weighted by Gasteiger charge is -2.35. The number of nitrogens with one attached hydrogen (secondary N) is 1. The molecule has 1 atom stereocenters. The Labute approximate surface area is 148 Å². The predicted molar refractivity (Wildman–Crippen MR) is 97.3 cm³/mol. The van der Waals surface area contributed by atoms with Crippen molar-refractivity contribution in [1.29, 1.82) is 0 Å². The molecule has 6 nitrogen and oxygen atoms in total. The Morgan fingerprint density at radius 2 is 2.08 bits per heavy atom. The minimum atomic E-state index is -0.00766. The monoisotopic (exact) mass is 340 g/mol. The number of ether oxygens (including phenoxy) is 1. The van der Waals surface area contributed by atoms with Gasteiger partial charge in [0.1, 0.15) is 11.4 Å². The summed E-state index contributed by atoms with van der Waals surface area (Å²) in [5.41, 5.74) is 1.28. The molecule has 2 heterocycles. The summed E-state index contributed by atoms with van der Waals surface area (Å²) < 4.78 is 5.15. The highest BCUT2D eigenvalue weighted by molar-refractivity contribution is 5.92. The van der Waals surface area contributed by atoms with E-state index in [1.54, 1.807) is 19.4 Å². The van der Waals surface area contributed by atoms with Crippen LogP contribution in [0.4, 0.5) is 11.6 Å². The largest absolute Gasteiger partial charge is 0.497 e. The lowest BCUT2D eigenvalue weighted by atomic mass is 9.99. The van der Waals surface area contributed by atoms with E-state index >= 15 is 0 Å². The average Bonchev–Trinajstić information content (AvgIpc) is 2.68. The summed E-state index contributed by atoms with van der Waals surface area (Å²) >= 11 is 0. The Morgan fingerprint density at radius 3 is 2.80 bits per heavy atom. The molecule has 0 radical (unpaired) electrons. The molecule has 1 saturated heterocycles. The van der Waals surface area contributed by atoms with E-state index in [-0.39, 0.29) is 5.91 Å². The standard InChI is InChI=1S/C19H24N4O2/c1-3-15-6-4-5-13-23(15)18(24)17-11-12-20-19(22-17)21-14-7-9-16(25-2)10-8-14/h7-12,15H,3-6,13H2,1-2H3,(H,20,21,22). The lowest BCUT2D eigenvalue weighted by Crippen LogP contribution is -2.43. The highest BCUT2D eigenvalue weighted by Gasteiger charge is 2.27. The van der Waals surface area contributed by atoms with Crippen molar-refractivity contribution in [3.8, 4) is 5.75 Å². The Bertz CT molecular complexity index is 718. The first-order valence-electron chi connectivity index (χ1n) is 8.76. The first-order chi connectivity index (χ1) is 12.2. The van der Waals surface area contributed by atoms with Gasteiger partial charge in [0.15, 0.2) is 0 Å². The number of hydrogen-bond donors (Lipinski definition) is 1. The molecule has 2 aromatic rings. The van der Waals surface area contributed by atoms with E-state index in [0.29, 0.717) is 17.7 Å². The number of hydrogen-bond acceptors (Lipinski definition) is 5. The van der Waals surface area contributed by atoms with Crippen molar-refractivity contribution in [2.75, 3.05) is 19.0 Å². The van der Waals surface area contributed by atoms with Crippen LogP contribution >= 0.6 is 0 Å². The molecule has 0 spiro atoms. The molecule has 1 fully saturated rings. The maximum Gasteiger partial charge on any atom is 0.272 e. The number of aromatic nitrogens is 2. The van der Waals surface area contributed by atoms with E-state index in [2.05, 4.69) is 22.2 Å². The molecule has 1 aliphatic heterocycles. The average molecular weight is 340 g/mol. The zero-order valence-corrected chi connectivity index (χ0v) is 14.7. The molecule has 0 bridgehead atoms. The summed E-state index contributed by atoms with van der Waals surface area (Å²) in [6.45, 7) is 2.94. The molecule has 1 amide bonds. The number of likely N-dealkylation sites (tertiary alicyclic amines) is 1. The van der Waals surface area contributed by atoms with Crippen LogP contribution in [0.25, 0.3) is 0 Å². The zero-order chi connectivity index (χ0) is 17.6. The van der Waals surface area contributed by atoms with Crippen LogP contribution in [0.15, 0.2) is 36.5 Å². The number of amides is 1. The van der Waals surface area contributed by atoms with E-state index in [1.165, 1.54) is 6.42 Å². The van der Waals surface area contributed by atoms with Crippen molar-refractivity contribution >= 4 is 17.5 Å².